The van der Waals surface area contributed by atoms with Crippen molar-refractivity contribution in [3.8, 4) is 16.9 Å². The molecular weight excluding hydrogens is 289 g/mol. The zero-order chi connectivity index (χ0) is 14.9. The van der Waals surface area contributed by atoms with E-state index < -0.39 is 6.36 Å². The van der Waals surface area contributed by atoms with Gasteiger partial charge in [-0.3, -0.25) is 0 Å². The number of ether oxygens (including phenoxy) is 1. The third-order valence-corrected chi connectivity index (χ3v) is 3.18. The van der Waals surface area contributed by atoms with Gasteiger partial charge in [-0.2, -0.15) is 0 Å². The second-order valence-electron chi connectivity index (χ2n) is 4.48. The second-order valence-corrected chi connectivity index (χ2v) is 4.89. The molecule has 20 heavy (non-hydrogen) atoms. The van der Waals surface area contributed by atoms with Crippen LogP contribution in [0.1, 0.15) is 11.1 Å². The smallest absolute Gasteiger partial charge is 0.405 e. The molecule has 0 aromatic heterocycles. The Morgan fingerprint density at radius 2 is 1.75 bits per heavy atom. The summed E-state index contributed by atoms with van der Waals surface area (Å²) in [7, 11) is 0. The largest absolute Gasteiger partial charge is 0.573 e. The third kappa shape index (κ3) is 3.25. The van der Waals surface area contributed by atoms with Gasteiger partial charge in [0.15, 0.2) is 0 Å². The van der Waals surface area contributed by atoms with Gasteiger partial charge in [0.1, 0.15) is 5.75 Å². The third-order valence-electron chi connectivity index (χ3n) is 2.86. The van der Waals surface area contributed by atoms with Gasteiger partial charge in [-0.1, -0.05) is 41.4 Å². The van der Waals surface area contributed by atoms with E-state index in [0.29, 0.717) is 5.56 Å². The van der Waals surface area contributed by atoms with Gasteiger partial charge in [0.05, 0.1) is 5.02 Å². The van der Waals surface area contributed by atoms with Crippen molar-refractivity contribution in [1.29, 1.82) is 0 Å². The molecule has 2 aromatic rings. The SMILES string of the molecule is Cc1ccc(C)c(-c2c(Cl)cccc2OC(F)(F)F)c1. The molecule has 0 bridgehead atoms. The number of hydrogen-bond acceptors (Lipinski definition) is 1. The van der Waals surface area contributed by atoms with E-state index in [4.69, 9.17) is 11.6 Å². The summed E-state index contributed by atoms with van der Waals surface area (Å²) in [5.41, 5.74) is 2.65. The fourth-order valence-electron chi connectivity index (χ4n) is 1.98. The van der Waals surface area contributed by atoms with Crippen LogP contribution in [0.25, 0.3) is 11.1 Å². The number of aryl methyl sites for hydroxylation is 2. The summed E-state index contributed by atoms with van der Waals surface area (Å²) < 4.78 is 41.5. The van der Waals surface area contributed by atoms with Crippen molar-refractivity contribution in [2.75, 3.05) is 0 Å². The average molecular weight is 301 g/mol. The molecule has 0 spiro atoms. The van der Waals surface area contributed by atoms with E-state index in [1.54, 1.807) is 12.1 Å². The molecule has 0 saturated carbocycles. The van der Waals surface area contributed by atoms with Crippen LogP contribution in [0.3, 0.4) is 0 Å². The van der Waals surface area contributed by atoms with Gasteiger partial charge in [0.2, 0.25) is 0 Å². The van der Waals surface area contributed by atoms with E-state index in [2.05, 4.69) is 4.74 Å². The van der Waals surface area contributed by atoms with Crippen molar-refractivity contribution in [3.05, 3.63) is 52.5 Å². The number of hydrogen-bond donors (Lipinski definition) is 0. The Labute approximate surface area is 119 Å². The first-order chi connectivity index (χ1) is 9.28. The number of alkyl halides is 3. The van der Waals surface area contributed by atoms with Crippen molar-refractivity contribution < 1.29 is 17.9 Å². The maximum absolute atomic E-state index is 12.5. The highest BCUT2D eigenvalue weighted by Gasteiger charge is 2.32. The summed E-state index contributed by atoms with van der Waals surface area (Å²) in [5, 5.41) is 0.223. The Kier molecular flexibility index (Phi) is 3.95. The minimum absolute atomic E-state index is 0.223. The van der Waals surface area contributed by atoms with Crippen molar-refractivity contribution in [1.82, 2.24) is 0 Å². The second kappa shape index (κ2) is 5.37. The van der Waals surface area contributed by atoms with Crippen LogP contribution in [-0.4, -0.2) is 6.36 Å². The van der Waals surface area contributed by atoms with E-state index in [1.165, 1.54) is 12.1 Å². The molecule has 5 heteroatoms. The molecule has 1 nitrogen and oxygen atoms in total. The van der Waals surface area contributed by atoms with Gasteiger partial charge in [-0.15, -0.1) is 13.2 Å². The molecule has 0 saturated heterocycles. The Balaban J connectivity index is 2.63. The topological polar surface area (TPSA) is 9.23 Å². The van der Waals surface area contributed by atoms with Crippen LogP contribution in [0, 0.1) is 13.8 Å². The first kappa shape index (κ1) is 14.7. The fraction of sp³-hybridized carbons (Fsp3) is 0.200. The molecule has 0 heterocycles. The Morgan fingerprint density at radius 1 is 1.05 bits per heavy atom. The highest BCUT2D eigenvalue weighted by molar-refractivity contribution is 6.33. The van der Waals surface area contributed by atoms with Gasteiger partial charge < -0.3 is 4.74 Å². The predicted octanol–water partition coefficient (Wildman–Crippen LogP) is 5.52. The summed E-state index contributed by atoms with van der Waals surface area (Å²) in [6.45, 7) is 3.68. The van der Waals surface area contributed by atoms with Gasteiger partial charge >= 0.3 is 6.36 Å². The molecule has 0 fully saturated rings. The lowest BCUT2D eigenvalue weighted by atomic mass is 9.97. The molecule has 2 rings (SSSR count). The van der Waals surface area contributed by atoms with Crippen molar-refractivity contribution in [2.45, 2.75) is 20.2 Å². The lowest BCUT2D eigenvalue weighted by molar-refractivity contribution is -0.274. The van der Waals surface area contributed by atoms with Gasteiger partial charge in [0.25, 0.3) is 0 Å². The number of rotatable bonds is 2. The van der Waals surface area contributed by atoms with Gasteiger partial charge in [-0.25, -0.2) is 0 Å². The quantitative estimate of drug-likeness (QED) is 0.709. The highest BCUT2D eigenvalue weighted by Crippen LogP contribution is 2.40. The minimum atomic E-state index is -4.75. The normalized spacial score (nSPS) is 11.5. The molecule has 106 valence electrons. The summed E-state index contributed by atoms with van der Waals surface area (Å²) in [6.07, 6.45) is -4.75. The molecule has 0 amide bonds. The Bertz CT molecular complexity index is 636. The summed E-state index contributed by atoms with van der Waals surface area (Å²) in [5.74, 6) is -0.293. The zero-order valence-corrected chi connectivity index (χ0v) is 11.6. The molecule has 0 radical (unpaired) electrons. The Hall–Kier alpha value is -1.68. The maximum Gasteiger partial charge on any atom is 0.573 e. The van der Waals surface area contributed by atoms with Crippen LogP contribution in [0.4, 0.5) is 13.2 Å². The van der Waals surface area contributed by atoms with E-state index in [0.717, 1.165) is 11.1 Å². The molecule has 0 N–H and O–H groups in total. The predicted molar refractivity (Wildman–Crippen MR) is 73.0 cm³/mol. The Morgan fingerprint density at radius 3 is 2.40 bits per heavy atom. The molecular formula is C15H12ClF3O. The summed E-state index contributed by atoms with van der Waals surface area (Å²) >= 11 is 6.07. The van der Waals surface area contributed by atoms with E-state index in [9.17, 15) is 13.2 Å². The highest BCUT2D eigenvalue weighted by atomic mass is 35.5. The molecule has 0 atom stereocenters. The molecule has 0 aliphatic carbocycles. The van der Waals surface area contributed by atoms with Crippen LogP contribution >= 0.6 is 11.6 Å². The van der Waals surface area contributed by atoms with Crippen LogP contribution in [0.15, 0.2) is 36.4 Å². The standard InChI is InChI=1S/C15H12ClF3O/c1-9-6-7-10(2)11(8-9)14-12(16)4-3-5-13(14)20-15(17,18)19/h3-8H,1-2H3. The lowest BCUT2D eigenvalue weighted by Gasteiger charge is -2.16. The van der Waals surface area contributed by atoms with Crippen molar-refractivity contribution >= 4 is 11.6 Å². The molecule has 2 aromatic carbocycles. The minimum Gasteiger partial charge on any atom is -0.405 e. The van der Waals surface area contributed by atoms with Crippen LogP contribution in [-0.2, 0) is 0 Å². The summed E-state index contributed by atoms with van der Waals surface area (Å²) in [4.78, 5) is 0. The first-order valence-electron chi connectivity index (χ1n) is 5.90. The van der Waals surface area contributed by atoms with Gasteiger partial charge in [0, 0.05) is 5.56 Å². The van der Waals surface area contributed by atoms with Crippen molar-refractivity contribution in [3.63, 3.8) is 0 Å². The molecule has 0 aliphatic rings. The van der Waals surface area contributed by atoms with E-state index >= 15 is 0 Å². The lowest BCUT2D eigenvalue weighted by Crippen LogP contribution is -2.17. The van der Waals surface area contributed by atoms with Crippen LogP contribution < -0.4 is 4.74 Å². The molecule has 0 aliphatic heterocycles. The van der Waals surface area contributed by atoms with Crippen molar-refractivity contribution in [2.24, 2.45) is 0 Å². The molecule has 0 unspecified atom stereocenters. The van der Waals surface area contributed by atoms with E-state index in [1.807, 2.05) is 26.0 Å². The zero-order valence-electron chi connectivity index (χ0n) is 10.9. The fourth-order valence-corrected chi connectivity index (χ4v) is 2.25. The van der Waals surface area contributed by atoms with E-state index in [-0.39, 0.29) is 16.3 Å². The van der Waals surface area contributed by atoms with Crippen LogP contribution in [0.5, 0.6) is 5.75 Å². The average Bonchev–Trinajstić information content (AvgIpc) is 2.31. The van der Waals surface area contributed by atoms with Crippen LogP contribution in [0.2, 0.25) is 5.02 Å². The maximum atomic E-state index is 12.5. The monoisotopic (exact) mass is 300 g/mol. The first-order valence-corrected chi connectivity index (χ1v) is 6.27. The number of benzene rings is 2. The summed E-state index contributed by atoms with van der Waals surface area (Å²) in [6, 6.07) is 9.75. The van der Waals surface area contributed by atoms with Gasteiger partial charge in [-0.05, 0) is 37.1 Å². The number of halogens is 4.